The lowest BCUT2D eigenvalue weighted by atomic mass is 10.1. The third-order valence-electron chi connectivity index (χ3n) is 3.16. The van der Waals surface area contributed by atoms with Crippen LogP contribution in [0.5, 0.6) is 0 Å². The van der Waals surface area contributed by atoms with E-state index in [2.05, 4.69) is 10.6 Å². The molecule has 24 heavy (non-hydrogen) atoms. The lowest BCUT2D eigenvalue weighted by Gasteiger charge is -2.14. The van der Waals surface area contributed by atoms with Crippen molar-refractivity contribution in [1.29, 1.82) is 0 Å². The second kappa shape index (κ2) is 7.55. The first kappa shape index (κ1) is 18.1. The third-order valence-corrected chi connectivity index (χ3v) is 3.40. The molecule has 2 rings (SSSR count). The van der Waals surface area contributed by atoms with Crippen LogP contribution in [0.2, 0.25) is 5.02 Å². The van der Waals surface area contributed by atoms with Crippen LogP contribution in [0.1, 0.15) is 17.2 Å². The van der Waals surface area contributed by atoms with Gasteiger partial charge in [0, 0.05) is 17.3 Å². The number of alkyl halides is 3. The number of urea groups is 1. The summed E-state index contributed by atoms with van der Waals surface area (Å²) in [6.07, 6.45) is -5.56. The van der Waals surface area contributed by atoms with Crippen LogP contribution in [0.25, 0.3) is 0 Å². The van der Waals surface area contributed by atoms with Gasteiger partial charge >= 0.3 is 12.2 Å². The zero-order chi connectivity index (χ0) is 17.7. The lowest BCUT2D eigenvalue weighted by molar-refractivity contribution is -0.137. The Morgan fingerprint density at radius 3 is 2.42 bits per heavy atom. The Morgan fingerprint density at radius 1 is 1.17 bits per heavy atom. The van der Waals surface area contributed by atoms with Crippen molar-refractivity contribution in [3.05, 3.63) is 64.7 Å². The number of carbonyl (C=O) groups excluding carboxylic acids is 1. The van der Waals surface area contributed by atoms with E-state index in [-0.39, 0.29) is 12.1 Å². The summed E-state index contributed by atoms with van der Waals surface area (Å²) < 4.78 is 37.4. The molecule has 0 aliphatic rings. The van der Waals surface area contributed by atoms with Crippen LogP contribution < -0.4 is 10.6 Å². The second-order valence-corrected chi connectivity index (χ2v) is 5.42. The first-order valence-electron chi connectivity index (χ1n) is 6.91. The number of hydrogen-bond donors (Lipinski definition) is 3. The van der Waals surface area contributed by atoms with Crippen LogP contribution in [0.4, 0.5) is 23.7 Å². The van der Waals surface area contributed by atoms with E-state index in [1.165, 1.54) is 12.1 Å². The molecule has 0 fully saturated rings. The normalized spacial score (nSPS) is 12.5. The van der Waals surface area contributed by atoms with Crippen molar-refractivity contribution >= 4 is 23.3 Å². The van der Waals surface area contributed by atoms with Crippen molar-refractivity contribution in [2.45, 2.75) is 12.3 Å². The van der Waals surface area contributed by atoms with E-state index in [9.17, 15) is 23.1 Å². The molecule has 3 N–H and O–H groups in total. The van der Waals surface area contributed by atoms with Gasteiger partial charge in [0.2, 0.25) is 0 Å². The van der Waals surface area contributed by atoms with Gasteiger partial charge in [-0.1, -0.05) is 29.8 Å². The summed E-state index contributed by atoms with van der Waals surface area (Å²) in [5.41, 5.74) is -0.0554. The average Bonchev–Trinajstić information content (AvgIpc) is 2.52. The molecule has 1 unspecified atom stereocenters. The molecule has 0 aromatic heterocycles. The number of benzene rings is 2. The topological polar surface area (TPSA) is 61.4 Å². The maximum atomic E-state index is 12.5. The van der Waals surface area contributed by atoms with E-state index in [4.69, 9.17) is 11.6 Å². The van der Waals surface area contributed by atoms with Gasteiger partial charge in [0.25, 0.3) is 0 Å². The smallest absolute Gasteiger partial charge is 0.387 e. The minimum Gasteiger partial charge on any atom is -0.387 e. The highest BCUT2D eigenvalue weighted by atomic mass is 35.5. The van der Waals surface area contributed by atoms with Crippen molar-refractivity contribution in [3.63, 3.8) is 0 Å². The standard InChI is InChI=1S/C16H14ClF3N2O2/c17-12-2-1-3-13(8-12)22-15(24)21-9-14(23)10-4-6-11(7-5-10)16(18,19)20/h1-8,14,23H,9H2,(H2,21,22,24). The Balaban J connectivity index is 1.88. The summed E-state index contributed by atoms with van der Waals surface area (Å²) in [5.74, 6) is 0. The highest BCUT2D eigenvalue weighted by molar-refractivity contribution is 6.30. The summed E-state index contributed by atoms with van der Waals surface area (Å²) >= 11 is 5.79. The summed E-state index contributed by atoms with van der Waals surface area (Å²) in [6, 6.07) is 10.0. The van der Waals surface area contributed by atoms with Gasteiger partial charge < -0.3 is 15.7 Å². The van der Waals surface area contributed by atoms with Crippen molar-refractivity contribution in [2.75, 3.05) is 11.9 Å². The molecule has 2 aromatic carbocycles. The quantitative estimate of drug-likeness (QED) is 0.766. The number of amides is 2. The number of aliphatic hydroxyl groups excluding tert-OH is 1. The molecular weight excluding hydrogens is 345 g/mol. The molecule has 0 bridgehead atoms. The van der Waals surface area contributed by atoms with E-state index < -0.39 is 23.9 Å². The summed E-state index contributed by atoms with van der Waals surface area (Å²) in [6.45, 7) is -0.155. The summed E-state index contributed by atoms with van der Waals surface area (Å²) in [4.78, 5) is 11.7. The first-order chi connectivity index (χ1) is 11.3. The average molecular weight is 359 g/mol. The highest BCUT2D eigenvalue weighted by Gasteiger charge is 2.30. The molecule has 128 valence electrons. The van der Waals surface area contributed by atoms with Crippen molar-refractivity contribution in [1.82, 2.24) is 5.32 Å². The Hall–Kier alpha value is -2.25. The predicted molar refractivity (Wildman–Crippen MR) is 84.9 cm³/mol. The van der Waals surface area contributed by atoms with Crippen molar-refractivity contribution in [3.8, 4) is 0 Å². The van der Waals surface area contributed by atoms with E-state index in [0.29, 0.717) is 10.7 Å². The van der Waals surface area contributed by atoms with Crippen LogP contribution in [0.3, 0.4) is 0 Å². The van der Waals surface area contributed by atoms with E-state index in [0.717, 1.165) is 12.1 Å². The maximum absolute atomic E-state index is 12.5. The minimum absolute atomic E-state index is 0.155. The van der Waals surface area contributed by atoms with Gasteiger partial charge in [-0.05, 0) is 35.9 Å². The monoisotopic (exact) mass is 358 g/mol. The SMILES string of the molecule is O=C(NCC(O)c1ccc(C(F)(F)F)cc1)Nc1cccc(Cl)c1. The number of aliphatic hydroxyl groups is 1. The van der Waals surface area contributed by atoms with E-state index in [1.54, 1.807) is 24.3 Å². The summed E-state index contributed by atoms with van der Waals surface area (Å²) in [5, 5.41) is 15.3. The molecule has 0 aliphatic carbocycles. The fraction of sp³-hybridized carbons (Fsp3) is 0.188. The van der Waals surface area contributed by atoms with Gasteiger partial charge in [0.05, 0.1) is 11.7 Å². The maximum Gasteiger partial charge on any atom is 0.416 e. The largest absolute Gasteiger partial charge is 0.416 e. The summed E-state index contributed by atoms with van der Waals surface area (Å²) in [7, 11) is 0. The molecule has 0 heterocycles. The van der Waals surface area contributed by atoms with Gasteiger partial charge in [0.15, 0.2) is 0 Å². The van der Waals surface area contributed by atoms with E-state index >= 15 is 0 Å². The number of halogens is 4. The molecule has 0 saturated heterocycles. The molecule has 0 radical (unpaired) electrons. The molecule has 0 saturated carbocycles. The van der Waals surface area contributed by atoms with Crippen molar-refractivity contribution in [2.24, 2.45) is 0 Å². The Morgan fingerprint density at radius 2 is 1.83 bits per heavy atom. The van der Waals surface area contributed by atoms with Gasteiger partial charge in [0.1, 0.15) is 0 Å². The lowest BCUT2D eigenvalue weighted by Crippen LogP contribution is -2.32. The molecule has 8 heteroatoms. The van der Waals surface area contributed by atoms with Crippen molar-refractivity contribution < 1.29 is 23.1 Å². The zero-order valence-electron chi connectivity index (χ0n) is 12.3. The number of rotatable bonds is 4. The van der Waals surface area contributed by atoms with Crippen LogP contribution in [-0.4, -0.2) is 17.7 Å². The predicted octanol–water partition coefficient (Wildman–Crippen LogP) is 4.21. The van der Waals surface area contributed by atoms with Gasteiger partial charge in [-0.25, -0.2) is 4.79 Å². The fourth-order valence-corrected chi connectivity index (χ4v) is 2.13. The Bertz CT molecular complexity index is 705. The molecule has 4 nitrogen and oxygen atoms in total. The third kappa shape index (κ3) is 5.14. The Labute approximate surface area is 141 Å². The highest BCUT2D eigenvalue weighted by Crippen LogP contribution is 2.29. The fourth-order valence-electron chi connectivity index (χ4n) is 1.94. The van der Waals surface area contributed by atoms with Crippen LogP contribution in [-0.2, 0) is 6.18 Å². The first-order valence-corrected chi connectivity index (χ1v) is 7.29. The van der Waals surface area contributed by atoms with Crippen LogP contribution >= 0.6 is 11.6 Å². The van der Waals surface area contributed by atoms with Gasteiger partial charge in [-0.15, -0.1) is 0 Å². The zero-order valence-corrected chi connectivity index (χ0v) is 13.0. The molecule has 2 aromatic rings. The van der Waals surface area contributed by atoms with E-state index in [1.807, 2.05) is 0 Å². The second-order valence-electron chi connectivity index (χ2n) is 4.98. The van der Waals surface area contributed by atoms with Crippen LogP contribution in [0.15, 0.2) is 48.5 Å². The van der Waals surface area contributed by atoms with Crippen LogP contribution in [0, 0.1) is 0 Å². The van der Waals surface area contributed by atoms with Gasteiger partial charge in [-0.3, -0.25) is 0 Å². The number of carbonyl (C=O) groups is 1. The number of nitrogens with one attached hydrogen (secondary N) is 2. The minimum atomic E-state index is -4.43. The molecular formula is C16H14ClF3N2O2. The molecule has 1 atom stereocenters. The molecule has 0 spiro atoms. The van der Waals surface area contributed by atoms with Gasteiger partial charge in [-0.2, -0.15) is 13.2 Å². The molecule has 2 amide bonds. The number of anilines is 1. The Kier molecular flexibility index (Phi) is 5.69. The molecule has 0 aliphatic heterocycles. The number of hydrogen-bond acceptors (Lipinski definition) is 2.